The summed E-state index contributed by atoms with van der Waals surface area (Å²) in [7, 11) is -3.50. The number of rotatable bonds is 4. The smallest absolute Gasteiger partial charge is 0.239 e. The number of carbonyl (C=O) groups excluding carboxylic acids is 1. The van der Waals surface area contributed by atoms with Crippen molar-refractivity contribution in [1.82, 2.24) is 4.90 Å². The minimum absolute atomic E-state index is 0.426. The van der Waals surface area contributed by atoms with Crippen LogP contribution in [0.5, 0.6) is 0 Å². The molecular formula is C13H19N3O3S. The predicted molar refractivity (Wildman–Crippen MR) is 76.1 cm³/mol. The molecule has 0 aromatic heterocycles. The van der Waals surface area contributed by atoms with Gasteiger partial charge in [-0.3, -0.25) is 9.69 Å². The lowest BCUT2D eigenvalue weighted by Gasteiger charge is -2.35. The maximum atomic E-state index is 11.7. The molecule has 1 saturated heterocycles. The molecule has 1 atom stereocenters. The number of primary sulfonamides is 1. The summed E-state index contributed by atoms with van der Waals surface area (Å²) in [6, 6.07) is 8.75. The summed E-state index contributed by atoms with van der Waals surface area (Å²) in [6.07, 6.45) is 0.852. The number of amides is 1. The molecule has 0 radical (unpaired) electrons. The van der Waals surface area contributed by atoms with Crippen LogP contribution in [0.15, 0.2) is 30.3 Å². The molecule has 1 aromatic carbocycles. The number of primary amides is 1. The summed E-state index contributed by atoms with van der Waals surface area (Å²) in [6.45, 7) is 0.979. The van der Waals surface area contributed by atoms with Crippen LogP contribution in [0.4, 0.5) is 0 Å². The van der Waals surface area contributed by atoms with Gasteiger partial charge in [-0.2, -0.15) is 0 Å². The van der Waals surface area contributed by atoms with Crippen molar-refractivity contribution < 1.29 is 13.2 Å². The van der Waals surface area contributed by atoms with Crippen molar-refractivity contribution in [3.8, 4) is 0 Å². The first-order valence-corrected chi connectivity index (χ1v) is 8.10. The fourth-order valence-electron chi connectivity index (χ4n) is 2.65. The first kappa shape index (κ1) is 15.0. The van der Waals surface area contributed by atoms with Gasteiger partial charge in [0.15, 0.2) is 0 Å². The Morgan fingerprint density at radius 1 is 1.20 bits per heavy atom. The lowest BCUT2D eigenvalue weighted by Crippen LogP contribution is -2.46. The Morgan fingerprint density at radius 2 is 1.75 bits per heavy atom. The van der Waals surface area contributed by atoms with E-state index in [1.807, 2.05) is 35.2 Å². The SMILES string of the molecule is NC(=O)C(c1ccccc1)N1CCC(S(N)(=O)=O)CC1. The Balaban J connectivity index is 2.12. The van der Waals surface area contributed by atoms with E-state index in [1.54, 1.807) is 0 Å². The molecule has 1 aliphatic rings. The third kappa shape index (κ3) is 3.36. The fourth-order valence-corrected chi connectivity index (χ4v) is 3.52. The monoisotopic (exact) mass is 297 g/mol. The van der Waals surface area contributed by atoms with E-state index in [4.69, 9.17) is 10.9 Å². The summed E-state index contributed by atoms with van der Waals surface area (Å²) >= 11 is 0. The quantitative estimate of drug-likeness (QED) is 0.813. The van der Waals surface area contributed by atoms with Gasteiger partial charge < -0.3 is 5.73 Å². The zero-order valence-electron chi connectivity index (χ0n) is 11.1. The van der Waals surface area contributed by atoms with E-state index < -0.39 is 27.2 Å². The van der Waals surface area contributed by atoms with Gasteiger partial charge in [-0.25, -0.2) is 13.6 Å². The summed E-state index contributed by atoms with van der Waals surface area (Å²) in [5.74, 6) is -0.426. The van der Waals surface area contributed by atoms with E-state index >= 15 is 0 Å². The Kier molecular flexibility index (Phi) is 4.42. The molecule has 6 nitrogen and oxygen atoms in total. The van der Waals surface area contributed by atoms with Crippen molar-refractivity contribution in [2.75, 3.05) is 13.1 Å². The van der Waals surface area contributed by atoms with Gasteiger partial charge in [0.2, 0.25) is 15.9 Å². The minimum atomic E-state index is -3.50. The third-order valence-electron chi connectivity index (χ3n) is 3.69. The van der Waals surface area contributed by atoms with Crippen LogP contribution < -0.4 is 10.9 Å². The van der Waals surface area contributed by atoms with Crippen molar-refractivity contribution in [1.29, 1.82) is 0 Å². The van der Waals surface area contributed by atoms with E-state index in [-0.39, 0.29) is 0 Å². The van der Waals surface area contributed by atoms with Gasteiger partial charge in [-0.15, -0.1) is 0 Å². The Morgan fingerprint density at radius 3 is 2.20 bits per heavy atom. The molecule has 1 aromatic rings. The summed E-state index contributed by atoms with van der Waals surface area (Å²) < 4.78 is 22.7. The average molecular weight is 297 g/mol. The first-order chi connectivity index (χ1) is 9.39. The van der Waals surface area contributed by atoms with E-state index in [0.717, 1.165) is 5.56 Å². The number of sulfonamides is 1. The topological polar surface area (TPSA) is 106 Å². The average Bonchev–Trinajstić information content (AvgIpc) is 2.39. The molecule has 1 unspecified atom stereocenters. The molecule has 1 fully saturated rings. The third-order valence-corrected chi connectivity index (χ3v) is 5.09. The Hall–Kier alpha value is -1.44. The van der Waals surface area contributed by atoms with E-state index in [0.29, 0.717) is 25.9 Å². The van der Waals surface area contributed by atoms with Crippen molar-refractivity contribution in [2.24, 2.45) is 10.9 Å². The maximum Gasteiger partial charge on any atom is 0.239 e. The second-order valence-corrected chi connectivity index (χ2v) is 6.88. The van der Waals surface area contributed by atoms with Crippen LogP contribution in [-0.4, -0.2) is 37.6 Å². The lowest BCUT2D eigenvalue weighted by atomic mass is 10.0. The maximum absolute atomic E-state index is 11.7. The van der Waals surface area contributed by atoms with Crippen molar-refractivity contribution in [3.63, 3.8) is 0 Å². The highest BCUT2D eigenvalue weighted by molar-refractivity contribution is 7.89. The van der Waals surface area contributed by atoms with Gasteiger partial charge in [0.1, 0.15) is 6.04 Å². The highest BCUT2D eigenvalue weighted by Crippen LogP contribution is 2.26. The number of carbonyl (C=O) groups is 1. The van der Waals surface area contributed by atoms with Crippen molar-refractivity contribution >= 4 is 15.9 Å². The van der Waals surface area contributed by atoms with Crippen LogP contribution in [0.1, 0.15) is 24.4 Å². The number of likely N-dealkylation sites (tertiary alicyclic amines) is 1. The van der Waals surface area contributed by atoms with Gasteiger partial charge in [-0.05, 0) is 18.4 Å². The largest absolute Gasteiger partial charge is 0.368 e. The minimum Gasteiger partial charge on any atom is -0.368 e. The van der Waals surface area contributed by atoms with E-state index in [2.05, 4.69) is 0 Å². The van der Waals surface area contributed by atoms with Gasteiger partial charge >= 0.3 is 0 Å². The Labute approximate surface area is 118 Å². The molecule has 0 spiro atoms. The van der Waals surface area contributed by atoms with E-state index in [9.17, 15) is 13.2 Å². The fraction of sp³-hybridized carbons (Fsp3) is 0.462. The van der Waals surface area contributed by atoms with Crippen LogP contribution >= 0.6 is 0 Å². The van der Waals surface area contributed by atoms with Crippen LogP contribution in [0.25, 0.3) is 0 Å². The van der Waals surface area contributed by atoms with Gasteiger partial charge in [0.25, 0.3) is 0 Å². The number of piperidine rings is 1. The molecule has 2 rings (SSSR count). The van der Waals surface area contributed by atoms with Gasteiger partial charge in [-0.1, -0.05) is 30.3 Å². The normalized spacial score (nSPS) is 19.6. The number of benzene rings is 1. The van der Waals surface area contributed by atoms with Crippen LogP contribution in [-0.2, 0) is 14.8 Å². The molecule has 0 aliphatic carbocycles. The number of nitrogens with zero attached hydrogens (tertiary/aromatic N) is 1. The lowest BCUT2D eigenvalue weighted by molar-refractivity contribution is -0.123. The standard InChI is InChI=1S/C13H19N3O3S/c14-13(17)12(10-4-2-1-3-5-10)16-8-6-11(7-9-16)20(15,18)19/h1-5,11-12H,6-9H2,(H2,14,17)(H2,15,18,19). The molecule has 1 heterocycles. The first-order valence-electron chi connectivity index (χ1n) is 6.49. The molecule has 1 aliphatic heterocycles. The van der Waals surface area contributed by atoms with E-state index in [1.165, 1.54) is 0 Å². The zero-order chi connectivity index (χ0) is 14.8. The van der Waals surface area contributed by atoms with Crippen molar-refractivity contribution in [3.05, 3.63) is 35.9 Å². The molecule has 4 N–H and O–H groups in total. The summed E-state index contributed by atoms with van der Waals surface area (Å²) in [5.41, 5.74) is 6.32. The second-order valence-electron chi connectivity index (χ2n) is 5.04. The molecule has 20 heavy (non-hydrogen) atoms. The molecule has 0 saturated carbocycles. The zero-order valence-corrected chi connectivity index (χ0v) is 11.9. The highest BCUT2D eigenvalue weighted by atomic mass is 32.2. The number of hydrogen-bond acceptors (Lipinski definition) is 4. The van der Waals surface area contributed by atoms with Crippen molar-refractivity contribution in [2.45, 2.75) is 24.1 Å². The molecular weight excluding hydrogens is 278 g/mol. The molecule has 0 bridgehead atoms. The Bertz CT molecular complexity index is 566. The summed E-state index contributed by atoms with van der Waals surface area (Å²) in [4.78, 5) is 13.6. The molecule has 1 amide bonds. The number of hydrogen-bond donors (Lipinski definition) is 2. The van der Waals surface area contributed by atoms with Crippen LogP contribution in [0, 0.1) is 0 Å². The second kappa shape index (κ2) is 5.90. The van der Waals surface area contributed by atoms with Crippen LogP contribution in [0.3, 0.4) is 0 Å². The van der Waals surface area contributed by atoms with Crippen LogP contribution in [0.2, 0.25) is 0 Å². The van der Waals surface area contributed by atoms with Gasteiger partial charge in [0, 0.05) is 13.1 Å². The molecule has 110 valence electrons. The highest BCUT2D eigenvalue weighted by Gasteiger charge is 2.33. The summed E-state index contributed by atoms with van der Waals surface area (Å²) in [5, 5.41) is 4.64. The predicted octanol–water partition coefficient (Wildman–Crippen LogP) is -0.0341. The number of nitrogens with two attached hydrogens (primary N) is 2. The van der Waals surface area contributed by atoms with Gasteiger partial charge in [0.05, 0.1) is 5.25 Å². The molecule has 7 heteroatoms.